The number of carbonyl (C=O) groups is 3. The van der Waals surface area contributed by atoms with Gasteiger partial charge in [-0.05, 0) is 19.1 Å². The molecule has 1 aromatic rings. The first-order valence-corrected chi connectivity index (χ1v) is 8.11. The lowest BCUT2D eigenvalue weighted by Crippen LogP contribution is -2.60. The van der Waals surface area contributed by atoms with E-state index < -0.39 is 23.8 Å². The van der Waals surface area contributed by atoms with Crippen molar-refractivity contribution in [2.24, 2.45) is 5.92 Å². The molecule has 2 aliphatic heterocycles. The van der Waals surface area contributed by atoms with Crippen LogP contribution in [0.25, 0.3) is 0 Å². The summed E-state index contributed by atoms with van der Waals surface area (Å²) in [5.74, 6) is -2.31. The highest BCUT2D eigenvalue weighted by Crippen LogP contribution is 2.23. The van der Waals surface area contributed by atoms with Gasteiger partial charge in [-0.25, -0.2) is 14.7 Å². The minimum atomic E-state index is -1.11. The summed E-state index contributed by atoms with van der Waals surface area (Å²) in [5, 5.41) is 4.16. The summed E-state index contributed by atoms with van der Waals surface area (Å²) in [6, 6.07) is 7.80. The Bertz CT molecular complexity index is 698. The average molecular weight is 344 g/mol. The van der Waals surface area contributed by atoms with Crippen molar-refractivity contribution in [3.05, 3.63) is 42.1 Å². The second-order valence-electron chi connectivity index (χ2n) is 5.69. The minimum absolute atomic E-state index is 0.421. The van der Waals surface area contributed by atoms with Crippen molar-refractivity contribution in [3.8, 4) is 0 Å². The number of hydrazine groups is 1. The Morgan fingerprint density at radius 1 is 1.20 bits per heavy atom. The molecule has 8 heteroatoms. The molecule has 2 heterocycles. The lowest BCUT2D eigenvalue weighted by atomic mass is 10.00. The van der Waals surface area contributed by atoms with Crippen molar-refractivity contribution in [1.29, 1.82) is 0 Å². The monoisotopic (exact) mass is 344 g/mol. The summed E-state index contributed by atoms with van der Waals surface area (Å²) >= 11 is 0. The minimum Gasteiger partial charge on any atom is -0.379 e. The van der Waals surface area contributed by atoms with Gasteiger partial charge in [0.25, 0.3) is 5.91 Å². The van der Waals surface area contributed by atoms with E-state index in [-0.39, 0.29) is 0 Å². The van der Waals surface area contributed by atoms with Crippen LogP contribution >= 0.6 is 0 Å². The molecule has 2 fully saturated rings. The van der Waals surface area contributed by atoms with E-state index in [1.165, 1.54) is 0 Å². The molecular weight excluding hydrogens is 324 g/mol. The van der Waals surface area contributed by atoms with Gasteiger partial charge in [0, 0.05) is 18.8 Å². The lowest BCUT2D eigenvalue weighted by Gasteiger charge is -2.34. The number of hydrogen-bond acceptors (Lipinski definition) is 6. The van der Waals surface area contributed by atoms with Gasteiger partial charge >= 0.3 is 6.03 Å². The molecule has 0 spiro atoms. The topological polar surface area (TPSA) is 91.0 Å². The molecule has 1 atom stereocenters. The molecule has 3 rings (SSSR count). The molecule has 1 aromatic carbocycles. The second kappa shape index (κ2) is 7.45. The first-order valence-electron chi connectivity index (χ1n) is 8.11. The highest BCUT2D eigenvalue weighted by molar-refractivity contribution is 6.28. The van der Waals surface area contributed by atoms with Crippen LogP contribution in [0.4, 0.5) is 10.5 Å². The molecule has 8 nitrogen and oxygen atoms in total. The van der Waals surface area contributed by atoms with E-state index >= 15 is 0 Å². The standard InChI is InChI=1S/C17H20N4O4/c1-2-13(19-20-8-10-25-11-9-20)14-15(22)18-17(24)21(16(14)23)12-6-4-3-5-7-12/h2-7,14,19H,8-11H2,1H3,(H,18,22,24)/b13-2+/t14-/m0/s1. The Balaban J connectivity index is 1.84. The Morgan fingerprint density at radius 3 is 2.52 bits per heavy atom. The largest absolute Gasteiger partial charge is 0.379 e. The Morgan fingerprint density at radius 2 is 1.88 bits per heavy atom. The lowest BCUT2D eigenvalue weighted by molar-refractivity contribution is -0.133. The van der Waals surface area contributed by atoms with Gasteiger partial charge in [0.2, 0.25) is 5.91 Å². The smallest absolute Gasteiger partial charge is 0.335 e. The van der Waals surface area contributed by atoms with Gasteiger partial charge in [-0.1, -0.05) is 24.3 Å². The third-order valence-electron chi connectivity index (χ3n) is 4.10. The van der Waals surface area contributed by atoms with Gasteiger partial charge in [-0.3, -0.25) is 14.9 Å². The molecule has 0 radical (unpaired) electrons. The molecular formula is C17H20N4O4. The van der Waals surface area contributed by atoms with Gasteiger partial charge < -0.3 is 10.2 Å². The number of morpholine rings is 1. The number of para-hydroxylation sites is 1. The molecule has 25 heavy (non-hydrogen) atoms. The number of nitrogens with zero attached hydrogens (tertiary/aromatic N) is 2. The molecule has 0 aliphatic carbocycles. The van der Waals surface area contributed by atoms with Crippen LogP contribution in [0, 0.1) is 5.92 Å². The molecule has 0 unspecified atom stereocenters. The maximum Gasteiger partial charge on any atom is 0.335 e. The number of amides is 4. The second-order valence-corrected chi connectivity index (χ2v) is 5.69. The van der Waals surface area contributed by atoms with Gasteiger partial charge in [-0.2, -0.15) is 0 Å². The molecule has 4 amide bonds. The zero-order valence-electron chi connectivity index (χ0n) is 13.9. The van der Waals surface area contributed by atoms with E-state index in [9.17, 15) is 14.4 Å². The first-order chi connectivity index (χ1) is 12.1. The van der Waals surface area contributed by atoms with Crippen molar-refractivity contribution in [3.63, 3.8) is 0 Å². The quantitative estimate of drug-likeness (QED) is 0.779. The number of hydrogen-bond donors (Lipinski definition) is 2. The fraction of sp³-hybridized carbons (Fsp3) is 0.353. The van der Waals surface area contributed by atoms with E-state index in [1.807, 2.05) is 5.01 Å². The van der Waals surface area contributed by atoms with Crippen LogP contribution in [0.1, 0.15) is 6.92 Å². The fourth-order valence-corrected chi connectivity index (χ4v) is 2.82. The number of benzene rings is 1. The summed E-state index contributed by atoms with van der Waals surface area (Å²) in [7, 11) is 0. The zero-order valence-corrected chi connectivity index (χ0v) is 13.9. The third-order valence-corrected chi connectivity index (χ3v) is 4.10. The van der Waals surface area contributed by atoms with Gasteiger partial charge in [0.15, 0.2) is 5.92 Å². The van der Waals surface area contributed by atoms with Crippen molar-refractivity contribution in [2.75, 3.05) is 31.2 Å². The SMILES string of the molecule is C/C=C(/NN1CCOCC1)[C@H]1C(=O)NC(=O)N(c2ccccc2)C1=O. The molecule has 0 saturated carbocycles. The molecule has 2 saturated heterocycles. The van der Waals surface area contributed by atoms with Crippen LogP contribution in [0.2, 0.25) is 0 Å². The average Bonchev–Trinajstić information content (AvgIpc) is 2.62. The summed E-state index contributed by atoms with van der Waals surface area (Å²) in [6.07, 6.45) is 1.68. The predicted molar refractivity (Wildman–Crippen MR) is 90.2 cm³/mol. The maximum absolute atomic E-state index is 12.9. The van der Waals surface area contributed by atoms with Crippen LogP contribution in [0.15, 0.2) is 42.1 Å². The predicted octanol–water partition coefficient (Wildman–Crippen LogP) is 0.626. The normalized spacial score (nSPS) is 22.8. The number of carbonyl (C=O) groups excluding carboxylic acids is 3. The van der Waals surface area contributed by atoms with E-state index in [4.69, 9.17) is 4.74 Å². The molecule has 0 aromatic heterocycles. The van der Waals surface area contributed by atoms with Crippen LogP contribution < -0.4 is 15.6 Å². The highest BCUT2D eigenvalue weighted by Gasteiger charge is 2.43. The number of urea groups is 1. The van der Waals surface area contributed by atoms with Crippen molar-refractivity contribution in [2.45, 2.75) is 6.92 Å². The molecule has 0 bridgehead atoms. The Hall–Kier alpha value is -2.71. The Labute approximate surface area is 145 Å². The van der Waals surface area contributed by atoms with Crippen LogP contribution in [0.3, 0.4) is 0 Å². The summed E-state index contributed by atoms with van der Waals surface area (Å²) in [6.45, 7) is 4.17. The fourth-order valence-electron chi connectivity index (χ4n) is 2.82. The summed E-state index contributed by atoms with van der Waals surface area (Å²) < 4.78 is 5.29. The number of nitrogens with one attached hydrogen (secondary N) is 2. The van der Waals surface area contributed by atoms with Crippen molar-refractivity contribution >= 4 is 23.5 Å². The maximum atomic E-state index is 12.9. The zero-order chi connectivity index (χ0) is 17.8. The van der Waals surface area contributed by atoms with E-state index in [2.05, 4.69) is 10.7 Å². The number of ether oxygens (including phenoxy) is 1. The Kier molecular flexibility index (Phi) is 5.11. The van der Waals surface area contributed by atoms with Gasteiger partial charge in [-0.15, -0.1) is 0 Å². The van der Waals surface area contributed by atoms with Crippen molar-refractivity contribution in [1.82, 2.24) is 15.8 Å². The number of barbiturate groups is 1. The number of rotatable bonds is 4. The van der Waals surface area contributed by atoms with Gasteiger partial charge in [0.05, 0.1) is 18.9 Å². The molecule has 132 valence electrons. The van der Waals surface area contributed by atoms with E-state index in [0.717, 1.165) is 4.90 Å². The van der Waals surface area contributed by atoms with Crippen LogP contribution in [-0.2, 0) is 14.3 Å². The highest BCUT2D eigenvalue weighted by atomic mass is 16.5. The molecule has 2 aliphatic rings. The van der Waals surface area contributed by atoms with E-state index in [1.54, 1.807) is 43.3 Å². The summed E-state index contributed by atoms with van der Waals surface area (Å²) in [5.41, 5.74) is 3.98. The number of allylic oxidation sites excluding steroid dienone is 1. The first kappa shape index (κ1) is 17.1. The van der Waals surface area contributed by atoms with Crippen molar-refractivity contribution < 1.29 is 19.1 Å². The number of anilines is 1. The molecule has 2 N–H and O–H groups in total. The van der Waals surface area contributed by atoms with Crippen LogP contribution in [0.5, 0.6) is 0 Å². The van der Waals surface area contributed by atoms with E-state index in [0.29, 0.717) is 37.7 Å². The van der Waals surface area contributed by atoms with Gasteiger partial charge in [0.1, 0.15) is 0 Å². The third kappa shape index (κ3) is 3.54. The van der Waals surface area contributed by atoms with Crippen LogP contribution in [-0.4, -0.2) is 49.2 Å². The number of imide groups is 2. The summed E-state index contributed by atoms with van der Waals surface area (Å²) in [4.78, 5) is 38.4.